The second-order valence-corrected chi connectivity index (χ2v) is 6.68. The largest absolute Gasteiger partial charge is 0.504 e. The lowest BCUT2D eigenvalue weighted by Gasteiger charge is -2.11. The number of hydrogen-bond donors (Lipinski definition) is 1. The zero-order valence-electron chi connectivity index (χ0n) is 18.4. The Morgan fingerprint density at radius 3 is 2.23 bits per heavy atom. The molecule has 0 radical (unpaired) electrons. The molecule has 0 aliphatic heterocycles. The molecule has 0 saturated carbocycles. The van der Waals surface area contributed by atoms with Crippen molar-refractivity contribution < 1.29 is 19.3 Å². The van der Waals surface area contributed by atoms with Crippen LogP contribution in [0.1, 0.15) is 23.6 Å². The molecule has 0 spiro atoms. The van der Waals surface area contributed by atoms with Gasteiger partial charge in [-0.3, -0.25) is 0 Å². The Morgan fingerprint density at radius 2 is 1.58 bits per heavy atom. The summed E-state index contributed by atoms with van der Waals surface area (Å²) in [6.45, 7) is 6.16. The summed E-state index contributed by atoms with van der Waals surface area (Å²) < 4.78 is 16.1. The smallest absolute Gasteiger partial charge is 0.161 e. The van der Waals surface area contributed by atoms with Crippen molar-refractivity contribution in [2.45, 2.75) is 20.0 Å². The molecule has 0 saturated heterocycles. The number of ether oxygens (including phenoxy) is 3. The van der Waals surface area contributed by atoms with Crippen LogP contribution in [0.5, 0.6) is 23.0 Å². The molecule has 4 nitrogen and oxygen atoms in total. The first-order valence-electron chi connectivity index (χ1n) is 10.1. The van der Waals surface area contributed by atoms with Crippen molar-refractivity contribution in [2.24, 2.45) is 0 Å². The number of allylic oxidation sites excluding steroid dienone is 2. The van der Waals surface area contributed by atoms with Crippen molar-refractivity contribution in [2.75, 3.05) is 14.2 Å². The SMILES string of the molecule is C=CCc1ccc(O)c(OC)c1.CC=Cc1ccc(OCc2ccccc2)c(OC)c1. The predicted octanol–water partition coefficient (Wildman–Crippen LogP) is 6.44. The molecule has 3 rings (SSSR count). The Bertz CT molecular complexity index is 978. The van der Waals surface area contributed by atoms with Gasteiger partial charge in [-0.15, -0.1) is 6.58 Å². The summed E-state index contributed by atoms with van der Waals surface area (Å²) in [6.07, 6.45) is 6.63. The van der Waals surface area contributed by atoms with Crippen molar-refractivity contribution in [1.29, 1.82) is 0 Å². The standard InChI is InChI=1S/C17H18O2.C10H12O2/c1-3-7-14-10-11-16(17(12-14)18-2)19-13-15-8-5-4-6-9-15;1-3-4-8-5-6-9(11)10(7-8)12-2/h3-12H,13H2,1-2H3;3,5-7,11H,1,4H2,2H3. The molecule has 0 unspecified atom stereocenters. The average Bonchev–Trinajstić information content (AvgIpc) is 2.81. The summed E-state index contributed by atoms with van der Waals surface area (Å²) >= 11 is 0. The molecule has 3 aromatic carbocycles. The van der Waals surface area contributed by atoms with Crippen LogP contribution in [-0.2, 0) is 13.0 Å². The van der Waals surface area contributed by atoms with Gasteiger partial charge in [-0.2, -0.15) is 0 Å². The van der Waals surface area contributed by atoms with E-state index in [0.717, 1.165) is 34.6 Å². The number of benzene rings is 3. The number of aromatic hydroxyl groups is 1. The highest BCUT2D eigenvalue weighted by Crippen LogP contribution is 2.29. The Morgan fingerprint density at radius 1 is 0.839 bits per heavy atom. The molecule has 0 atom stereocenters. The molecule has 0 bridgehead atoms. The zero-order chi connectivity index (χ0) is 22.5. The summed E-state index contributed by atoms with van der Waals surface area (Å²) in [5, 5.41) is 9.25. The number of methoxy groups -OCH3 is 2. The average molecular weight is 419 g/mol. The van der Waals surface area contributed by atoms with Crippen molar-refractivity contribution in [3.8, 4) is 23.0 Å². The van der Waals surface area contributed by atoms with Crippen molar-refractivity contribution in [1.82, 2.24) is 0 Å². The molecule has 0 aromatic heterocycles. The first-order chi connectivity index (χ1) is 15.1. The fourth-order valence-corrected chi connectivity index (χ4v) is 2.85. The van der Waals surface area contributed by atoms with Crippen molar-refractivity contribution in [3.63, 3.8) is 0 Å². The van der Waals surface area contributed by atoms with E-state index in [0.29, 0.717) is 12.4 Å². The van der Waals surface area contributed by atoms with Crippen LogP contribution >= 0.6 is 0 Å². The minimum Gasteiger partial charge on any atom is -0.504 e. The lowest BCUT2D eigenvalue weighted by Crippen LogP contribution is -1.97. The normalized spacial score (nSPS) is 10.2. The van der Waals surface area contributed by atoms with Gasteiger partial charge in [0.25, 0.3) is 0 Å². The van der Waals surface area contributed by atoms with E-state index in [1.165, 1.54) is 7.11 Å². The maximum Gasteiger partial charge on any atom is 0.161 e. The number of rotatable bonds is 8. The number of hydrogen-bond acceptors (Lipinski definition) is 4. The first-order valence-corrected chi connectivity index (χ1v) is 10.1. The van der Waals surface area contributed by atoms with E-state index in [1.807, 2.05) is 79.7 Å². The highest BCUT2D eigenvalue weighted by molar-refractivity contribution is 5.55. The quantitative estimate of drug-likeness (QED) is 0.428. The molecule has 162 valence electrons. The Kier molecular flexibility index (Phi) is 9.76. The summed E-state index contributed by atoms with van der Waals surface area (Å²) in [6, 6.07) is 21.3. The lowest BCUT2D eigenvalue weighted by molar-refractivity contribution is 0.284. The van der Waals surface area contributed by atoms with Gasteiger partial charge >= 0.3 is 0 Å². The van der Waals surface area contributed by atoms with Crippen molar-refractivity contribution >= 4 is 6.08 Å². The predicted molar refractivity (Wildman–Crippen MR) is 127 cm³/mol. The summed E-state index contributed by atoms with van der Waals surface area (Å²) in [4.78, 5) is 0. The van der Waals surface area contributed by atoms with E-state index in [2.05, 4.69) is 6.58 Å². The molecule has 31 heavy (non-hydrogen) atoms. The van der Waals surface area contributed by atoms with Gasteiger partial charge in [0.1, 0.15) is 6.61 Å². The van der Waals surface area contributed by atoms with Gasteiger partial charge < -0.3 is 19.3 Å². The van der Waals surface area contributed by atoms with E-state index in [1.54, 1.807) is 19.2 Å². The van der Waals surface area contributed by atoms with Crippen LogP contribution in [0.15, 0.2) is 85.5 Å². The van der Waals surface area contributed by atoms with Crippen LogP contribution in [0.4, 0.5) is 0 Å². The fraction of sp³-hybridized carbons (Fsp3) is 0.185. The molecule has 0 heterocycles. The van der Waals surface area contributed by atoms with Crippen LogP contribution in [0.25, 0.3) is 6.08 Å². The molecule has 4 heteroatoms. The molecule has 3 aromatic rings. The van der Waals surface area contributed by atoms with Crippen LogP contribution in [0.2, 0.25) is 0 Å². The Hall–Kier alpha value is -3.66. The summed E-state index contributed by atoms with van der Waals surface area (Å²) in [7, 11) is 3.19. The zero-order valence-corrected chi connectivity index (χ0v) is 18.4. The molecule has 0 aliphatic carbocycles. The van der Waals surface area contributed by atoms with Crippen LogP contribution in [0, 0.1) is 0 Å². The minimum atomic E-state index is 0.172. The topological polar surface area (TPSA) is 47.9 Å². The van der Waals surface area contributed by atoms with E-state index < -0.39 is 0 Å². The third-order valence-electron chi connectivity index (χ3n) is 4.41. The molecular formula is C27H30O4. The van der Waals surface area contributed by atoms with Crippen LogP contribution in [-0.4, -0.2) is 19.3 Å². The maximum absolute atomic E-state index is 9.25. The minimum absolute atomic E-state index is 0.172. The maximum atomic E-state index is 9.25. The Balaban J connectivity index is 0.000000245. The van der Waals surface area contributed by atoms with E-state index in [4.69, 9.17) is 14.2 Å². The molecule has 0 aliphatic rings. The van der Waals surface area contributed by atoms with E-state index >= 15 is 0 Å². The van der Waals surface area contributed by atoms with Crippen LogP contribution in [0.3, 0.4) is 0 Å². The van der Waals surface area contributed by atoms with Gasteiger partial charge in [0.05, 0.1) is 14.2 Å². The molecule has 0 fully saturated rings. The summed E-state index contributed by atoms with van der Waals surface area (Å²) in [5.41, 5.74) is 3.33. The second-order valence-electron chi connectivity index (χ2n) is 6.68. The first kappa shape index (κ1) is 23.6. The third kappa shape index (κ3) is 7.59. The second kappa shape index (κ2) is 12.8. The highest BCUT2D eigenvalue weighted by Gasteiger charge is 2.05. The van der Waals surface area contributed by atoms with Gasteiger partial charge in [0, 0.05) is 0 Å². The molecule has 0 amide bonds. The van der Waals surface area contributed by atoms with Crippen LogP contribution < -0.4 is 14.2 Å². The van der Waals surface area contributed by atoms with Gasteiger partial charge in [0.15, 0.2) is 23.0 Å². The number of phenolic OH excluding ortho intramolecular Hbond substituents is 1. The Labute approximate surface area is 185 Å². The molecule has 1 N–H and O–H groups in total. The molecular weight excluding hydrogens is 388 g/mol. The fourth-order valence-electron chi connectivity index (χ4n) is 2.85. The monoisotopic (exact) mass is 418 g/mol. The number of phenols is 1. The van der Waals surface area contributed by atoms with Gasteiger partial charge in [-0.05, 0) is 54.3 Å². The van der Waals surface area contributed by atoms with Crippen molar-refractivity contribution in [3.05, 3.63) is 102 Å². The lowest BCUT2D eigenvalue weighted by atomic mass is 10.1. The third-order valence-corrected chi connectivity index (χ3v) is 4.41. The van der Waals surface area contributed by atoms with E-state index in [9.17, 15) is 5.11 Å². The van der Waals surface area contributed by atoms with E-state index in [-0.39, 0.29) is 5.75 Å². The van der Waals surface area contributed by atoms with Gasteiger partial charge in [-0.25, -0.2) is 0 Å². The van der Waals surface area contributed by atoms with Gasteiger partial charge in [0.2, 0.25) is 0 Å². The van der Waals surface area contributed by atoms with Gasteiger partial charge in [-0.1, -0.05) is 60.7 Å². The summed E-state index contributed by atoms with van der Waals surface area (Å²) in [5.74, 6) is 2.20. The highest BCUT2D eigenvalue weighted by atomic mass is 16.5.